The minimum atomic E-state index is -0.740. The molecule has 0 bridgehead atoms. The molecule has 0 saturated carbocycles. The number of ether oxygens (including phenoxy) is 2. The van der Waals surface area contributed by atoms with Gasteiger partial charge in [-0.2, -0.15) is 0 Å². The summed E-state index contributed by atoms with van der Waals surface area (Å²) in [5, 5.41) is 0. The fourth-order valence-corrected chi connectivity index (χ4v) is 4.24. The zero-order valence-electron chi connectivity index (χ0n) is 21.2. The highest BCUT2D eigenvalue weighted by Gasteiger charge is 2.37. The molecule has 3 unspecified atom stereocenters. The van der Waals surface area contributed by atoms with E-state index in [4.69, 9.17) is 9.47 Å². The molecular weight excluding hydrogens is 424 g/mol. The fourth-order valence-electron chi connectivity index (χ4n) is 4.24. The van der Waals surface area contributed by atoms with Gasteiger partial charge in [0.2, 0.25) is 0 Å². The molecule has 0 heterocycles. The van der Waals surface area contributed by atoms with Crippen molar-refractivity contribution in [1.82, 2.24) is 0 Å². The smallest absolute Gasteiger partial charge is 0.338 e. The van der Waals surface area contributed by atoms with Crippen molar-refractivity contribution >= 4 is 11.9 Å². The molecule has 0 fully saturated rings. The second-order valence-corrected chi connectivity index (χ2v) is 9.18. The van der Waals surface area contributed by atoms with Gasteiger partial charge in [-0.3, -0.25) is 0 Å². The molecule has 0 N–H and O–H groups in total. The molecule has 2 rings (SSSR count). The largest absolute Gasteiger partial charge is 0.459 e. The predicted molar refractivity (Wildman–Crippen MR) is 138 cm³/mol. The third-order valence-corrected chi connectivity index (χ3v) is 6.07. The van der Waals surface area contributed by atoms with Crippen LogP contribution in [0.5, 0.6) is 0 Å². The average Bonchev–Trinajstić information content (AvgIpc) is 2.84. The number of benzene rings is 2. The zero-order valence-corrected chi connectivity index (χ0v) is 21.2. The molecule has 0 saturated heterocycles. The van der Waals surface area contributed by atoms with Crippen LogP contribution >= 0.6 is 0 Å². The summed E-state index contributed by atoms with van der Waals surface area (Å²) in [7, 11) is 0. The van der Waals surface area contributed by atoms with Crippen LogP contribution in [-0.4, -0.2) is 23.6 Å². The number of hydrogen-bond donors (Lipinski definition) is 0. The van der Waals surface area contributed by atoms with Crippen molar-refractivity contribution in [2.75, 3.05) is 0 Å². The van der Waals surface area contributed by atoms with Crippen molar-refractivity contribution in [3.05, 3.63) is 83.9 Å². The Labute approximate surface area is 205 Å². The third kappa shape index (κ3) is 9.17. The Morgan fingerprint density at radius 1 is 0.853 bits per heavy atom. The summed E-state index contributed by atoms with van der Waals surface area (Å²) in [6, 6.07) is 18.0. The van der Waals surface area contributed by atoms with Crippen LogP contribution in [0.2, 0.25) is 0 Å². The Bertz CT molecular complexity index is 891. The Morgan fingerprint density at radius 2 is 1.44 bits per heavy atom. The molecule has 0 aromatic heterocycles. The van der Waals surface area contributed by atoms with Crippen LogP contribution in [0.1, 0.15) is 93.4 Å². The molecule has 184 valence electrons. The molecule has 0 aliphatic rings. The van der Waals surface area contributed by atoms with Crippen molar-refractivity contribution in [2.24, 2.45) is 5.92 Å². The number of carbonyl (C=O) groups is 2. The highest BCUT2D eigenvalue weighted by molar-refractivity contribution is 5.90. The van der Waals surface area contributed by atoms with Gasteiger partial charge in [-0.25, -0.2) is 9.59 Å². The van der Waals surface area contributed by atoms with E-state index in [1.165, 1.54) is 19.3 Å². The van der Waals surface area contributed by atoms with Gasteiger partial charge in [0.15, 0.2) is 0 Å². The van der Waals surface area contributed by atoms with Gasteiger partial charge >= 0.3 is 11.9 Å². The van der Waals surface area contributed by atoms with E-state index in [1.54, 1.807) is 24.3 Å². The van der Waals surface area contributed by atoms with Gasteiger partial charge in [0.05, 0.1) is 11.1 Å². The molecule has 2 aromatic rings. The van der Waals surface area contributed by atoms with Crippen molar-refractivity contribution < 1.29 is 19.1 Å². The second-order valence-electron chi connectivity index (χ2n) is 9.18. The first-order valence-corrected chi connectivity index (χ1v) is 12.6. The Morgan fingerprint density at radius 3 is 2.00 bits per heavy atom. The first kappa shape index (κ1) is 27.4. The maximum absolute atomic E-state index is 13.0. The maximum Gasteiger partial charge on any atom is 0.338 e. The van der Waals surface area contributed by atoms with E-state index >= 15 is 0 Å². The summed E-state index contributed by atoms with van der Waals surface area (Å²) in [5.74, 6) is -0.485. The second kappa shape index (κ2) is 14.4. The van der Waals surface area contributed by atoms with Gasteiger partial charge < -0.3 is 9.47 Å². The quantitative estimate of drug-likeness (QED) is 0.163. The summed E-state index contributed by atoms with van der Waals surface area (Å²) in [5.41, 5.74) is 0.300. The normalized spacial score (nSPS) is 14.8. The van der Waals surface area contributed by atoms with Crippen LogP contribution in [-0.2, 0) is 9.47 Å². The van der Waals surface area contributed by atoms with E-state index in [1.807, 2.05) is 50.2 Å². The van der Waals surface area contributed by atoms with Gasteiger partial charge in [0.1, 0.15) is 11.7 Å². The van der Waals surface area contributed by atoms with E-state index in [0.717, 1.165) is 6.42 Å². The van der Waals surface area contributed by atoms with Crippen molar-refractivity contribution in [2.45, 2.75) is 84.3 Å². The minimum absolute atomic E-state index is 0.224. The Kier molecular flexibility index (Phi) is 11.6. The lowest BCUT2D eigenvalue weighted by Gasteiger charge is -2.36. The highest BCUT2D eigenvalue weighted by Crippen LogP contribution is 2.33. The molecule has 0 spiro atoms. The van der Waals surface area contributed by atoms with Gasteiger partial charge in [0.25, 0.3) is 0 Å². The fraction of sp³-hybridized carbons (Fsp3) is 0.467. The predicted octanol–water partition coefficient (Wildman–Crippen LogP) is 7.79. The average molecular weight is 465 g/mol. The standard InChI is InChI=1S/C30H40O4/c1-5-7-8-9-12-17-24(3)22-30(6-2,34-29(32)27-20-15-11-16-21-27)23-25(4)33-28(31)26-18-13-10-14-19-26/h10-21,24-25H,5-9,22-23H2,1-4H3. The lowest BCUT2D eigenvalue weighted by molar-refractivity contribution is -0.0561. The minimum Gasteiger partial charge on any atom is -0.459 e. The molecule has 0 radical (unpaired) electrons. The summed E-state index contributed by atoms with van der Waals surface area (Å²) in [4.78, 5) is 25.6. The van der Waals surface area contributed by atoms with Gasteiger partial charge in [0, 0.05) is 6.42 Å². The third-order valence-electron chi connectivity index (χ3n) is 6.07. The zero-order chi connectivity index (χ0) is 24.8. The lowest BCUT2D eigenvalue weighted by Crippen LogP contribution is -2.40. The van der Waals surface area contributed by atoms with Crippen LogP contribution in [0.3, 0.4) is 0 Å². The molecule has 4 heteroatoms. The molecule has 3 atom stereocenters. The van der Waals surface area contributed by atoms with E-state index in [-0.39, 0.29) is 17.9 Å². The van der Waals surface area contributed by atoms with Crippen LogP contribution in [0.4, 0.5) is 0 Å². The van der Waals surface area contributed by atoms with Crippen LogP contribution in [0.25, 0.3) is 0 Å². The summed E-state index contributed by atoms with van der Waals surface area (Å²) in [6.07, 6.45) is 10.5. The monoisotopic (exact) mass is 464 g/mol. The van der Waals surface area contributed by atoms with E-state index < -0.39 is 11.7 Å². The van der Waals surface area contributed by atoms with Crippen LogP contribution in [0.15, 0.2) is 72.8 Å². The van der Waals surface area contributed by atoms with Gasteiger partial charge in [-0.1, -0.05) is 82.2 Å². The Hall–Kier alpha value is -2.88. The topological polar surface area (TPSA) is 52.6 Å². The maximum atomic E-state index is 13.0. The van der Waals surface area contributed by atoms with Crippen LogP contribution in [0, 0.1) is 5.92 Å². The number of allylic oxidation sites excluding steroid dienone is 2. The van der Waals surface area contributed by atoms with E-state index in [9.17, 15) is 9.59 Å². The summed E-state index contributed by atoms with van der Waals surface area (Å²) < 4.78 is 11.9. The van der Waals surface area contributed by atoms with Crippen molar-refractivity contribution in [1.29, 1.82) is 0 Å². The first-order valence-electron chi connectivity index (χ1n) is 12.6. The van der Waals surface area contributed by atoms with Crippen molar-refractivity contribution in [3.8, 4) is 0 Å². The van der Waals surface area contributed by atoms with Gasteiger partial charge in [-0.05, 0) is 62.8 Å². The number of rotatable bonds is 14. The molecule has 0 aliphatic carbocycles. The number of esters is 2. The molecule has 34 heavy (non-hydrogen) atoms. The van der Waals surface area contributed by atoms with Crippen molar-refractivity contribution in [3.63, 3.8) is 0 Å². The van der Waals surface area contributed by atoms with E-state index in [2.05, 4.69) is 26.0 Å². The lowest BCUT2D eigenvalue weighted by atomic mass is 9.84. The number of unbranched alkanes of at least 4 members (excludes halogenated alkanes) is 3. The molecule has 2 aromatic carbocycles. The number of carbonyl (C=O) groups excluding carboxylic acids is 2. The summed E-state index contributed by atoms with van der Waals surface area (Å²) in [6.45, 7) is 8.25. The molecule has 0 aliphatic heterocycles. The van der Waals surface area contributed by atoms with Crippen LogP contribution < -0.4 is 0 Å². The summed E-state index contributed by atoms with van der Waals surface area (Å²) >= 11 is 0. The Balaban J connectivity index is 2.15. The SMILES string of the molecule is CCCCCC=CC(C)CC(CC)(CC(C)OC(=O)c1ccccc1)OC(=O)c1ccccc1. The molecular formula is C30H40O4. The molecule has 0 amide bonds. The number of hydrogen-bond acceptors (Lipinski definition) is 4. The van der Waals surface area contributed by atoms with Gasteiger partial charge in [-0.15, -0.1) is 0 Å². The highest BCUT2D eigenvalue weighted by atomic mass is 16.6. The van der Waals surface area contributed by atoms with E-state index in [0.29, 0.717) is 30.4 Å². The molecule has 4 nitrogen and oxygen atoms in total. The first-order chi connectivity index (χ1) is 16.4.